The molecule has 2 atom stereocenters. The van der Waals surface area contributed by atoms with Crippen molar-refractivity contribution in [1.29, 1.82) is 0 Å². The van der Waals surface area contributed by atoms with Crippen molar-refractivity contribution in [1.82, 2.24) is 5.32 Å². The molecule has 1 aromatic carbocycles. The van der Waals surface area contributed by atoms with Crippen molar-refractivity contribution in [3.8, 4) is 0 Å². The van der Waals surface area contributed by atoms with Crippen LogP contribution in [0.2, 0.25) is 5.02 Å². The summed E-state index contributed by atoms with van der Waals surface area (Å²) in [7, 11) is 0. The van der Waals surface area contributed by atoms with E-state index in [1.54, 1.807) is 12.1 Å². The number of nitro groups is 1. The van der Waals surface area contributed by atoms with Gasteiger partial charge in [-0.15, -0.1) is 0 Å². The van der Waals surface area contributed by atoms with Gasteiger partial charge in [0, 0.05) is 36.3 Å². The Labute approximate surface area is 111 Å². The van der Waals surface area contributed by atoms with Crippen molar-refractivity contribution >= 4 is 23.0 Å². The molecule has 98 valence electrons. The van der Waals surface area contributed by atoms with Crippen LogP contribution in [0.3, 0.4) is 0 Å². The Kier molecular flexibility index (Phi) is 3.73. The number of nitrogens with one attached hydrogen (secondary N) is 1. The zero-order valence-electron chi connectivity index (χ0n) is 10.4. The minimum atomic E-state index is -0.358. The van der Waals surface area contributed by atoms with E-state index >= 15 is 0 Å². The van der Waals surface area contributed by atoms with Crippen molar-refractivity contribution in [3.05, 3.63) is 33.3 Å². The van der Waals surface area contributed by atoms with Crippen LogP contribution in [0.1, 0.15) is 13.8 Å². The van der Waals surface area contributed by atoms with Crippen molar-refractivity contribution < 1.29 is 4.92 Å². The molecule has 0 bridgehead atoms. The summed E-state index contributed by atoms with van der Waals surface area (Å²) < 4.78 is 0. The highest BCUT2D eigenvalue weighted by molar-refractivity contribution is 6.31. The first-order valence-corrected chi connectivity index (χ1v) is 6.30. The fraction of sp³-hybridized carbons (Fsp3) is 0.500. The number of hydrogen-bond donors (Lipinski definition) is 1. The molecule has 0 aromatic heterocycles. The Morgan fingerprint density at radius 1 is 1.39 bits per heavy atom. The summed E-state index contributed by atoms with van der Waals surface area (Å²) in [4.78, 5) is 12.7. The lowest BCUT2D eigenvalue weighted by atomic mass is 10.1. The second kappa shape index (κ2) is 5.12. The number of rotatable bonds is 2. The summed E-state index contributed by atoms with van der Waals surface area (Å²) >= 11 is 5.95. The van der Waals surface area contributed by atoms with E-state index in [0.717, 1.165) is 13.1 Å². The largest absolute Gasteiger partial charge is 0.363 e. The van der Waals surface area contributed by atoms with E-state index in [0.29, 0.717) is 22.8 Å². The second-order valence-electron chi connectivity index (χ2n) is 4.76. The monoisotopic (exact) mass is 269 g/mol. The van der Waals surface area contributed by atoms with Crippen molar-refractivity contribution in [2.45, 2.75) is 25.9 Å². The summed E-state index contributed by atoms with van der Waals surface area (Å²) in [6.45, 7) is 5.62. The lowest BCUT2D eigenvalue weighted by molar-refractivity contribution is -0.384. The number of benzene rings is 1. The van der Waals surface area contributed by atoms with Crippen LogP contribution in [-0.4, -0.2) is 30.1 Å². The normalized spacial score (nSPS) is 24.1. The molecule has 2 rings (SSSR count). The lowest BCUT2D eigenvalue weighted by Crippen LogP contribution is -2.54. The zero-order chi connectivity index (χ0) is 13.3. The zero-order valence-corrected chi connectivity index (χ0v) is 11.1. The average molecular weight is 270 g/mol. The van der Waals surface area contributed by atoms with Gasteiger partial charge in [0.05, 0.1) is 4.92 Å². The van der Waals surface area contributed by atoms with Gasteiger partial charge in [-0.2, -0.15) is 0 Å². The predicted octanol–water partition coefficient (Wildman–Crippen LogP) is 2.43. The Morgan fingerprint density at radius 2 is 2.00 bits per heavy atom. The minimum Gasteiger partial charge on any atom is -0.363 e. The molecule has 1 aliphatic rings. The van der Waals surface area contributed by atoms with Gasteiger partial charge < -0.3 is 10.2 Å². The molecular weight excluding hydrogens is 254 g/mol. The number of anilines is 1. The summed E-state index contributed by atoms with van der Waals surface area (Å²) in [6, 6.07) is 5.29. The van der Waals surface area contributed by atoms with E-state index in [2.05, 4.69) is 19.2 Å². The fourth-order valence-corrected chi connectivity index (χ4v) is 2.59. The third kappa shape index (κ3) is 2.73. The van der Waals surface area contributed by atoms with E-state index in [1.165, 1.54) is 6.07 Å². The maximum atomic E-state index is 11.1. The molecule has 1 N–H and O–H groups in total. The smallest absolute Gasteiger partial charge is 0.292 e. The van der Waals surface area contributed by atoms with Crippen LogP contribution in [0.15, 0.2) is 18.2 Å². The van der Waals surface area contributed by atoms with Crippen molar-refractivity contribution in [3.63, 3.8) is 0 Å². The molecule has 1 aliphatic heterocycles. The highest BCUT2D eigenvalue weighted by Gasteiger charge is 2.26. The third-order valence-electron chi connectivity index (χ3n) is 3.03. The summed E-state index contributed by atoms with van der Waals surface area (Å²) in [5, 5.41) is 15.0. The second-order valence-corrected chi connectivity index (χ2v) is 5.20. The topological polar surface area (TPSA) is 58.4 Å². The van der Waals surface area contributed by atoms with Crippen LogP contribution in [0, 0.1) is 10.1 Å². The van der Waals surface area contributed by atoms with E-state index in [9.17, 15) is 10.1 Å². The maximum absolute atomic E-state index is 11.1. The van der Waals surface area contributed by atoms with Crippen molar-refractivity contribution in [2.75, 3.05) is 18.0 Å². The van der Waals surface area contributed by atoms with Gasteiger partial charge in [-0.3, -0.25) is 10.1 Å². The van der Waals surface area contributed by atoms with Gasteiger partial charge in [0.1, 0.15) is 5.69 Å². The van der Waals surface area contributed by atoms with E-state index in [1.807, 2.05) is 4.90 Å². The first-order valence-electron chi connectivity index (χ1n) is 5.92. The lowest BCUT2D eigenvalue weighted by Gasteiger charge is -2.37. The molecule has 1 heterocycles. The Balaban J connectivity index is 2.36. The van der Waals surface area contributed by atoms with Gasteiger partial charge in [-0.25, -0.2) is 0 Å². The molecule has 0 spiro atoms. The molecule has 0 radical (unpaired) electrons. The first-order chi connectivity index (χ1) is 8.47. The quantitative estimate of drug-likeness (QED) is 0.662. The van der Waals surface area contributed by atoms with Crippen molar-refractivity contribution in [2.24, 2.45) is 0 Å². The highest BCUT2D eigenvalue weighted by atomic mass is 35.5. The molecule has 0 unspecified atom stereocenters. The van der Waals surface area contributed by atoms with Gasteiger partial charge in [-0.05, 0) is 26.0 Å². The molecule has 0 aliphatic carbocycles. The molecular formula is C12H16ClN3O2. The molecule has 0 saturated carbocycles. The van der Waals surface area contributed by atoms with Gasteiger partial charge in [0.25, 0.3) is 5.69 Å². The van der Waals surface area contributed by atoms with E-state index in [-0.39, 0.29) is 10.6 Å². The molecule has 18 heavy (non-hydrogen) atoms. The van der Waals surface area contributed by atoms with Gasteiger partial charge in [0.15, 0.2) is 0 Å². The Morgan fingerprint density at radius 3 is 2.56 bits per heavy atom. The molecule has 1 saturated heterocycles. The molecule has 5 nitrogen and oxygen atoms in total. The molecule has 1 fully saturated rings. The van der Waals surface area contributed by atoms with Crippen LogP contribution < -0.4 is 10.2 Å². The van der Waals surface area contributed by atoms with Crippen LogP contribution in [0.4, 0.5) is 11.4 Å². The summed E-state index contributed by atoms with van der Waals surface area (Å²) in [5.74, 6) is 0. The number of piperazine rings is 1. The van der Waals surface area contributed by atoms with Gasteiger partial charge in [0.2, 0.25) is 0 Å². The highest BCUT2D eigenvalue weighted by Crippen LogP contribution is 2.32. The van der Waals surface area contributed by atoms with E-state index in [4.69, 9.17) is 11.6 Å². The SMILES string of the molecule is C[C@@H]1CN(c2cc(Cl)ccc2[N+](=O)[O-])C[C@H](C)N1. The van der Waals surface area contributed by atoms with Crippen LogP contribution in [0.5, 0.6) is 0 Å². The number of hydrogen-bond acceptors (Lipinski definition) is 4. The third-order valence-corrected chi connectivity index (χ3v) is 3.27. The predicted molar refractivity (Wildman–Crippen MR) is 72.4 cm³/mol. The molecule has 1 aromatic rings. The standard InChI is InChI=1S/C12H16ClN3O2/c1-8-6-15(7-9(2)14-8)12-5-10(13)3-4-11(12)16(17)18/h3-5,8-9,14H,6-7H2,1-2H3/t8-,9+. The number of nitrogens with zero attached hydrogens (tertiary/aromatic N) is 2. The molecule has 6 heteroatoms. The molecule has 0 amide bonds. The summed E-state index contributed by atoms with van der Waals surface area (Å²) in [6.07, 6.45) is 0. The number of halogens is 1. The average Bonchev–Trinajstić information content (AvgIpc) is 2.27. The number of nitro benzene ring substituents is 1. The van der Waals surface area contributed by atoms with Gasteiger partial charge >= 0.3 is 0 Å². The fourth-order valence-electron chi connectivity index (χ4n) is 2.43. The first kappa shape index (κ1) is 13.1. The Hall–Kier alpha value is -1.33. The van der Waals surface area contributed by atoms with Crippen LogP contribution >= 0.6 is 11.6 Å². The summed E-state index contributed by atoms with van der Waals surface area (Å²) in [5.41, 5.74) is 0.716. The van der Waals surface area contributed by atoms with Gasteiger partial charge in [-0.1, -0.05) is 11.6 Å². The van der Waals surface area contributed by atoms with Crippen LogP contribution in [-0.2, 0) is 0 Å². The van der Waals surface area contributed by atoms with Crippen LogP contribution in [0.25, 0.3) is 0 Å². The Bertz CT molecular complexity index is 457. The van der Waals surface area contributed by atoms with E-state index < -0.39 is 0 Å². The maximum Gasteiger partial charge on any atom is 0.292 e. The minimum absolute atomic E-state index is 0.112.